The Morgan fingerprint density at radius 3 is 2.64 bits per heavy atom. The van der Waals surface area contributed by atoms with Gasteiger partial charge in [0, 0.05) is 33.5 Å². The Morgan fingerprint density at radius 1 is 1.36 bits per heavy atom. The maximum Gasteiger partial charge on any atom is 0.223 e. The summed E-state index contributed by atoms with van der Waals surface area (Å²) < 4.78 is 0. The first-order chi connectivity index (χ1) is 6.68. The molecule has 4 heteroatoms. The molecule has 1 amide bonds. The summed E-state index contributed by atoms with van der Waals surface area (Å²) in [6, 6.07) is 2.10. The van der Waals surface area contributed by atoms with E-state index in [1.165, 1.54) is 0 Å². The molecule has 0 saturated heterocycles. The normalized spacial score (nSPS) is 9.50. The van der Waals surface area contributed by atoms with Gasteiger partial charge in [0.25, 0.3) is 0 Å². The Balaban J connectivity index is 3.14. The maximum atomic E-state index is 11.1. The van der Waals surface area contributed by atoms with Crippen LogP contribution in [-0.4, -0.2) is 38.0 Å². The van der Waals surface area contributed by atoms with E-state index in [0.717, 1.165) is 25.9 Å². The number of hydrogen-bond acceptors (Lipinski definition) is 3. The van der Waals surface area contributed by atoms with Crippen molar-refractivity contribution >= 4 is 5.91 Å². The Kier molecular flexibility index (Phi) is 7.86. The molecule has 4 nitrogen and oxygen atoms in total. The van der Waals surface area contributed by atoms with Gasteiger partial charge in [0.1, 0.15) is 0 Å². The Labute approximate surface area is 85.9 Å². The molecule has 0 radical (unpaired) electrons. The molecule has 0 aliphatic rings. The van der Waals surface area contributed by atoms with Crippen molar-refractivity contribution in [1.82, 2.24) is 10.2 Å². The van der Waals surface area contributed by atoms with Gasteiger partial charge in [0.05, 0.1) is 6.07 Å². The predicted molar refractivity (Wildman–Crippen MR) is 55.6 cm³/mol. The lowest BCUT2D eigenvalue weighted by molar-refractivity contribution is -0.128. The number of nitrogens with one attached hydrogen (secondary N) is 1. The van der Waals surface area contributed by atoms with Crippen molar-refractivity contribution in [3.05, 3.63) is 0 Å². The summed E-state index contributed by atoms with van der Waals surface area (Å²) in [6.07, 6.45) is 3.11. The fraction of sp³-hybridized carbons (Fsp3) is 0.800. The summed E-state index contributed by atoms with van der Waals surface area (Å²) in [5.74, 6) is 0.148. The first-order valence-electron chi connectivity index (χ1n) is 4.96. The lowest BCUT2D eigenvalue weighted by Crippen LogP contribution is -2.27. The Hall–Kier alpha value is -1.08. The summed E-state index contributed by atoms with van der Waals surface area (Å²) >= 11 is 0. The van der Waals surface area contributed by atoms with Crippen molar-refractivity contribution < 1.29 is 4.79 Å². The van der Waals surface area contributed by atoms with E-state index in [9.17, 15) is 4.79 Å². The highest BCUT2D eigenvalue weighted by Gasteiger charge is 2.01. The van der Waals surface area contributed by atoms with Gasteiger partial charge in [0.15, 0.2) is 0 Å². The Morgan fingerprint density at radius 2 is 2.07 bits per heavy atom. The summed E-state index contributed by atoms with van der Waals surface area (Å²) in [7, 11) is 3.52. The van der Waals surface area contributed by atoms with E-state index in [1.54, 1.807) is 19.0 Å². The van der Waals surface area contributed by atoms with Crippen LogP contribution >= 0.6 is 0 Å². The van der Waals surface area contributed by atoms with Gasteiger partial charge in [-0.2, -0.15) is 5.26 Å². The Bertz CT molecular complexity index is 196. The molecular formula is C10H19N3O. The van der Waals surface area contributed by atoms with E-state index in [4.69, 9.17) is 5.26 Å². The van der Waals surface area contributed by atoms with Crippen LogP contribution < -0.4 is 5.32 Å². The van der Waals surface area contributed by atoms with Gasteiger partial charge in [-0.15, -0.1) is 0 Å². The van der Waals surface area contributed by atoms with E-state index in [2.05, 4.69) is 11.4 Å². The molecule has 0 atom stereocenters. The number of unbranched alkanes of at least 4 members (excludes halogenated alkanes) is 2. The average molecular weight is 197 g/mol. The molecule has 0 unspecified atom stereocenters. The van der Waals surface area contributed by atoms with Crippen molar-refractivity contribution in [3.8, 4) is 6.07 Å². The molecule has 0 bridgehead atoms. The monoisotopic (exact) mass is 197 g/mol. The summed E-state index contributed by atoms with van der Waals surface area (Å²) in [5.41, 5.74) is 0. The van der Waals surface area contributed by atoms with Crippen LogP contribution in [0, 0.1) is 11.3 Å². The zero-order valence-electron chi connectivity index (χ0n) is 9.05. The fourth-order valence-electron chi connectivity index (χ4n) is 0.998. The molecule has 0 heterocycles. The van der Waals surface area contributed by atoms with Gasteiger partial charge in [-0.1, -0.05) is 0 Å². The minimum Gasteiger partial charge on any atom is -0.349 e. The average Bonchev–Trinajstić information content (AvgIpc) is 2.16. The smallest absolute Gasteiger partial charge is 0.223 e. The van der Waals surface area contributed by atoms with Crippen LogP contribution in [0.25, 0.3) is 0 Å². The van der Waals surface area contributed by atoms with Gasteiger partial charge >= 0.3 is 0 Å². The van der Waals surface area contributed by atoms with E-state index < -0.39 is 0 Å². The van der Waals surface area contributed by atoms with Crippen LogP contribution in [0.15, 0.2) is 0 Å². The van der Waals surface area contributed by atoms with Crippen LogP contribution in [0.4, 0.5) is 0 Å². The zero-order chi connectivity index (χ0) is 10.8. The van der Waals surface area contributed by atoms with E-state index in [1.807, 2.05) is 0 Å². The van der Waals surface area contributed by atoms with Gasteiger partial charge in [-0.3, -0.25) is 4.79 Å². The van der Waals surface area contributed by atoms with Gasteiger partial charge in [-0.05, 0) is 19.4 Å². The number of carbonyl (C=O) groups excluding carboxylic acids is 1. The molecule has 14 heavy (non-hydrogen) atoms. The van der Waals surface area contributed by atoms with Gasteiger partial charge in [-0.25, -0.2) is 0 Å². The number of rotatable bonds is 7. The molecule has 0 aromatic carbocycles. The van der Waals surface area contributed by atoms with Crippen molar-refractivity contribution in [2.75, 3.05) is 27.2 Å². The fourth-order valence-corrected chi connectivity index (χ4v) is 0.998. The first-order valence-corrected chi connectivity index (χ1v) is 4.96. The molecule has 0 aliphatic carbocycles. The van der Waals surface area contributed by atoms with Crippen molar-refractivity contribution in [2.24, 2.45) is 0 Å². The van der Waals surface area contributed by atoms with Gasteiger partial charge < -0.3 is 10.2 Å². The SMILES string of the molecule is CN(C)C(=O)CCNCCCCC#N. The second-order valence-electron chi connectivity index (χ2n) is 3.40. The lowest BCUT2D eigenvalue weighted by Gasteiger charge is -2.10. The minimum absolute atomic E-state index is 0.148. The van der Waals surface area contributed by atoms with Crippen LogP contribution in [0.5, 0.6) is 0 Å². The molecule has 0 spiro atoms. The zero-order valence-corrected chi connectivity index (χ0v) is 9.05. The first kappa shape index (κ1) is 12.9. The highest BCUT2D eigenvalue weighted by Crippen LogP contribution is 1.91. The number of nitriles is 1. The van der Waals surface area contributed by atoms with E-state index >= 15 is 0 Å². The number of carbonyl (C=O) groups is 1. The third-order valence-corrected chi connectivity index (χ3v) is 1.91. The number of nitrogens with zero attached hydrogens (tertiary/aromatic N) is 2. The predicted octanol–water partition coefficient (Wildman–Crippen LogP) is 0.748. The highest BCUT2D eigenvalue weighted by atomic mass is 16.2. The summed E-state index contributed by atoms with van der Waals surface area (Å²) in [6.45, 7) is 1.62. The number of hydrogen-bond donors (Lipinski definition) is 1. The summed E-state index contributed by atoms with van der Waals surface area (Å²) in [5, 5.41) is 11.5. The van der Waals surface area contributed by atoms with Crippen molar-refractivity contribution in [2.45, 2.75) is 25.7 Å². The molecule has 0 aliphatic heterocycles. The topological polar surface area (TPSA) is 56.1 Å². The molecule has 0 aromatic rings. The number of amides is 1. The largest absolute Gasteiger partial charge is 0.349 e. The van der Waals surface area contributed by atoms with E-state index in [-0.39, 0.29) is 5.91 Å². The van der Waals surface area contributed by atoms with Crippen LogP contribution in [-0.2, 0) is 4.79 Å². The molecule has 0 rings (SSSR count). The standard InChI is InChI=1S/C10H19N3O/c1-13(2)10(14)6-9-12-8-5-3-4-7-11/h12H,3-6,8-9H2,1-2H3. The third-order valence-electron chi connectivity index (χ3n) is 1.91. The van der Waals surface area contributed by atoms with Gasteiger partial charge in [0.2, 0.25) is 5.91 Å². The van der Waals surface area contributed by atoms with Crippen molar-refractivity contribution in [3.63, 3.8) is 0 Å². The quantitative estimate of drug-likeness (QED) is 0.613. The highest BCUT2D eigenvalue weighted by molar-refractivity contribution is 5.75. The molecule has 0 fully saturated rings. The molecule has 80 valence electrons. The van der Waals surface area contributed by atoms with Crippen LogP contribution in [0.1, 0.15) is 25.7 Å². The molecule has 1 N–H and O–H groups in total. The minimum atomic E-state index is 0.148. The molecular weight excluding hydrogens is 178 g/mol. The third kappa shape index (κ3) is 7.56. The molecule has 0 aromatic heterocycles. The van der Waals surface area contributed by atoms with Crippen molar-refractivity contribution in [1.29, 1.82) is 5.26 Å². The van der Waals surface area contributed by atoms with Crippen LogP contribution in [0.3, 0.4) is 0 Å². The summed E-state index contributed by atoms with van der Waals surface area (Å²) in [4.78, 5) is 12.7. The second-order valence-corrected chi connectivity index (χ2v) is 3.40. The lowest BCUT2D eigenvalue weighted by atomic mass is 10.2. The van der Waals surface area contributed by atoms with E-state index in [0.29, 0.717) is 12.8 Å². The van der Waals surface area contributed by atoms with Crippen LogP contribution in [0.2, 0.25) is 0 Å². The second kappa shape index (κ2) is 8.52. The molecule has 0 saturated carbocycles. The maximum absolute atomic E-state index is 11.1.